The zero-order valence-corrected chi connectivity index (χ0v) is 16.8. The highest BCUT2D eigenvalue weighted by atomic mass is 16.5. The normalized spacial score (nSPS) is 11.4. The summed E-state index contributed by atoms with van der Waals surface area (Å²) in [7, 11) is 0. The molecule has 0 aliphatic rings. The van der Waals surface area contributed by atoms with Crippen LogP contribution in [0.2, 0.25) is 0 Å². The summed E-state index contributed by atoms with van der Waals surface area (Å²) in [6, 6.07) is 18.6. The fourth-order valence-corrected chi connectivity index (χ4v) is 2.94. The highest BCUT2D eigenvalue weighted by molar-refractivity contribution is 5.77. The fourth-order valence-electron chi connectivity index (χ4n) is 2.94. The molecule has 29 heavy (non-hydrogen) atoms. The number of hydrazone groups is 1. The van der Waals surface area contributed by atoms with Gasteiger partial charge in [-0.05, 0) is 45.0 Å². The van der Waals surface area contributed by atoms with Gasteiger partial charge >= 0.3 is 0 Å². The molecule has 148 valence electrons. The zero-order chi connectivity index (χ0) is 20.8. The Bertz CT molecular complexity index is 1070. The largest absolute Gasteiger partial charge is 0.489 e. The minimum absolute atomic E-state index is 0.0136. The van der Waals surface area contributed by atoms with Crippen LogP contribution < -0.4 is 15.2 Å². The first-order valence-electron chi connectivity index (χ1n) is 9.39. The van der Waals surface area contributed by atoms with E-state index in [1.165, 1.54) is 6.07 Å². The molecule has 0 aliphatic carbocycles. The van der Waals surface area contributed by atoms with Gasteiger partial charge in [-0.25, -0.2) is 9.69 Å². The van der Waals surface area contributed by atoms with E-state index in [0.29, 0.717) is 11.4 Å². The molecule has 0 unspecified atom stereocenters. The lowest BCUT2D eigenvalue weighted by Gasteiger charge is -2.21. The van der Waals surface area contributed by atoms with E-state index in [1.807, 2.05) is 75.4 Å². The van der Waals surface area contributed by atoms with Crippen LogP contribution >= 0.6 is 0 Å². The quantitative estimate of drug-likeness (QED) is 0.442. The molecule has 0 N–H and O–H groups in total. The molecule has 1 aromatic heterocycles. The van der Waals surface area contributed by atoms with Crippen molar-refractivity contribution < 1.29 is 4.74 Å². The van der Waals surface area contributed by atoms with Crippen LogP contribution in [0.3, 0.4) is 0 Å². The number of aromatic nitrogens is 2. The van der Waals surface area contributed by atoms with Crippen LogP contribution in [0, 0.1) is 0 Å². The molecule has 0 atom stereocenters. The van der Waals surface area contributed by atoms with Gasteiger partial charge in [-0.2, -0.15) is 10.2 Å². The van der Waals surface area contributed by atoms with Crippen molar-refractivity contribution in [3.05, 3.63) is 88.9 Å². The van der Waals surface area contributed by atoms with E-state index in [9.17, 15) is 4.79 Å². The highest BCUT2D eigenvalue weighted by Crippen LogP contribution is 2.26. The van der Waals surface area contributed by atoms with Crippen LogP contribution in [0.4, 0.5) is 5.69 Å². The Kier molecular flexibility index (Phi) is 6.24. The van der Waals surface area contributed by atoms with Gasteiger partial charge in [0.05, 0.1) is 17.5 Å². The maximum Gasteiger partial charge on any atom is 0.209 e. The molecule has 0 bridgehead atoms. The van der Waals surface area contributed by atoms with Crippen LogP contribution in [-0.2, 0) is 0 Å². The second-order valence-electron chi connectivity index (χ2n) is 6.57. The standard InChI is InChI=1S/C23H24N4O2/c1-5-19(27(24-4)18-11-7-6-8-12-18)23-21(28)15-16-26(25-23)20-13-9-10-14-22(20)29-17(2)3/h5-17H,4H2,1-3H3/b19-5-. The third kappa shape index (κ3) is 4.43. The molecule has 0 radical (unpaired) electrons. The second kappa shape index (κ2) is 9.01. The summed E-state index contributed by atoms with van der Waals surface area (Å²) >= 11 is 0. The Hall–Kier alpha value is -3.67. The number of hydrogen-bond donors (Lipinski definition) is 0. The fraction of sp³-hybridized carbons (Fsp3) is 0.174. The first kappa shape index (κ1) is 20.1. The summed E-state index contributed by atoms with van der Waals surface area (Å²) in [5, 5.41) is 10.3. The summed E-state index contributed by atoms with van der Waals surface area (Å²) in [4.78, 5) is 12.7. The van der Waals surface area contributed by atoms with Crippen molar-refractivity contribution >= 4 is 18.1 Å². The van der Waals surface area contributed by atoms with Gasteiger partial charge in [-0.3, -0.25) is 4.79 Å². The molecule has 0 amide bonds. The molecular formula is C23H24N4O2. The Morgan fingerprint density at radius 2 is 1.83 bits per heavy atom. The van der Waals surface area contributed by atoms with Crippen LogP contribution in [0.1, 0.15) is 26.5 Å². The average Bonchev–Trinajstić information content (AvgIpc) is 2.73. The predicted molar refractivity (Wildman–Crippen MR) is 118 cm³/mol. The number of allylic oxidation sites excluding steroid dienone is 1. The Labute approximate surface area is 170 Å². The number of nitrogens with zero attached hydrogens (tertiary/aromatic N) is 4. The van der Waals surface area contributed by atoms with Gasteiger partial charge in [-0.1, -0.05) is 36.4 Å². The lowest BCUT2D eigenvalue weighted by atomic mass is 10.2. The van der Waals surface area contributed by atoms with Crippen molar-refractivity contribution in [2.75, 3.05) is 5.01 Å². The van der Waals surface area contributed by atoms with E-state index < -0.39 is 0 Å². The van der Waals surface area contributed by atoms with Gasteiger partial charge in [0.15, 0.2) is 5.69 Å². The second-order valence-corrected chi connectivity index (χ2v) is 6.57. The lowest BCUT2D eigenvalue weighted by Crippen LogP contribution is -2.23. The van der Waals surface area contributed by atoms with E-state index in [1.54, 1.807) is 22.0 Å². The van der Waals surface area contributed by atoms with Gasteiger partial charge in [0.2, 0.25) is 5.43 Å². The van der Waals surface area contributed by atoms with Gasteiger partial charge in [0.1, 0.15) is 11.4 Å². The molecule has 0 fully saturated rings. The molecule has 0 saturated carbocycles. The van der Waals surface area contributed by atoms with Crippen molar-refractivity contribution in [2.45, 2.75) is 26.9 Å². The van der Waals surface area contributed by atoms with E-state index in [4.69, 9.17) is 4.74 Å². The molecule has 0 spiro atoms. The molecule has 6 heteroatoms. The van der Waals surface area contributed by atoms with E-state index in [0.717, 1.165) is 11.4 Å². The number of para-hydroxylation sites is 3. The van der Waals surface area contributed by atoms with Gasteiger partial charge in [0.25, 0.3) is 0 Å². The van der Waals surface area contributed by atoms with Crippen LogP contribution in [0.5, 0.6) is 5.75 Å². The van der Waals surface area contributed by atoms with E-state index >= 15 is 0 Å². The average molecular weight is 388 g/mol. The summed E-state index contributed by atoms with van der Waals surface area (Å²) in [6.45, 7) is 9.43. The summed E-state index contributed by atoms with van der Waals surface area (Å²) in [5.41, 5.74) is 2.14. The minimum Gasteiger partial charge on any atom is -0.489 e. The summed E-state index contributed by atoms with van der Waals surface area (Å²) in [6.07, 6.45) is 3.45. The Morgan fingerprint density at radius 3 is 2.48 bits per heavy atom. The van der Waals surface area contributed by atoms with Gasteiger partial charge in [-0.15, -0.1) is 0 Å². The van der Waals surface area contributed by atoms with Crippen LogP contribution in [0.15, 0.2) is 82.8 Å². The zero-order valence-electron chi connectivity index (χ0n) is 16.8. The van der Waals surface area contributed by atoms with Gasteiger partial charge in [0, 0.05) is 19.0 Å². The molecule has 1 heterocycles. The van der Waals surface area contributed by atoms with Crippen molar-refractivity contribution in [1.82, 2.24) is 9.78 Å². The molecule has 2 aromatic carbocycles. The number of hydrogen-bond acceptors (Lipinski definition) is 5. The Balaban J connectivity index is 2.10. The van der Waals surface area contributed by atoms with Gasteiger partial charge < -0.3 is 4.74 Å². The minimum atomic E-state index is -0.207. The molecule has 0 saturated heterocycles. The summed E-state index contributed by atoms with van der Waals surface area (Å²) in [5.74, 6) is 0.688. The van der Waals surface area contributed by atoms with E-state index in [-0.39, 0.29) is 17.2 Å². The smallest absolute Gasteiger partial charge is 0.209 e. The first-order valence-corrected chi connectivity index (χ1v) is 9.39. The molecule has 0 aliphatic heterocycles. The monoisotopic (exact) mass is 388 g/mol. The third-order valence-electron chi connectivity index (χ3n) is 4.17. The number of benzene rings is 2. The highest BCUT2D eigenvalue weighted by Gasteiger charge is 2.18. The molecule has 6 nitrogen and oxygen atoms in total. The van der Waals surface area contributed by atoms with Crippen LogP contribution in [0.25, 0.3) is 11.4 Å². The van der Waals surface area contributed by atoms with Crippen LogP contribution in [-0.4, -0.2) is 22.6 Å². The predicted octanol–water partition coefficient (Wildman–Crippen LogP) is 4.50. The SMILES string of the molecule is C=NN(/C(=C\C)c1nn(-c2ccccc2OC(C)C)ccc1=O)c1ccccc1. The number of anilines is 1. The topological polar surface area (TPSA) is 59.7 Å². The van der Waals surface area contributed by atoms with E-state index in [2.05, 4.69) is 16.9 Å². The van der Waals surface area contributed by atoms with Crippen molar-refractivity contribution in [1.29, 1.82) is 0 Å². The maximum atomic E-state index is 12.7. The Morgan fingerprint density at radius 1 is 1.14 bits per heavy atom. The summed E-state index contributed by atoms with van der Waals surface area (Å²) < 4.78 is 7.55. The lowest BCUT2D eigenvalue weighted by molar-refractivity contribution is 0.241. The van der Waals surface area contributed by atoms with Crippen molar-refractivity contribution in [2.24, 2.45) is 5.10 Å². The number of rotatable bonds is 7. The molecular weight excluding hydrogens is 364 g/mol. The third-order valence-corrected chi connectivity index (χ3v) is 4.17. The first-order chi connectivity index (χ1) is 14.0. The van der Waals surface area contributed by atoms with Crippen molar-refractivity contribution in [3.8, 4) is 11.4 Å². The van der Waals surface area contributed by atoms with Crippen molar-refractivity contribution in [3.63, 3.8) is 0 Å². The molecule has 3 rings (SSSR count). The molecule has 3 aromatic rings. The number of ether oxygens (including phenoxy) is 1. The maximum absolute atomic E-state index is 12.7.